The first-order valence-corrected chi connectivity index (χ1v) is 7.07. The van der Waals surface area contributed by atoms with Crippen molar-refractivity contribution in [3.8, 4) is 0 Å². The molecule has 1 atom stereocenters. The van der Waals surface area contributed by atoms with E-state index in [0.717, 1.165) is 6.54 Å². The van der Waals surface area contributed by atoms with E-state index >= 15 is 0 Å². The van der Waals surface area contributed by atoms with Crippen LogP contribution in [-0.4, -0.2) is 69.0 Å². The Bertz CT molecular complexity index is 332. The molecule has 2 saturated heterocycles. The fourth-order valence-electron chi connectivity index (χ4n) is 2.05. The molecule has 1 N–H and O–H groups in total. The van der Waals surface area contributed by atoms with Crippen LogP contribution in [0, 0.1) is 0 Å². The molecule has 0 bridgehead atoms. The summed E-state index contributed by atoms with van der Waals surface area (Å²) >= 11 is 0. The lowest BCUT2D eigenvalue weighted by Crippen LogP contribution is -2.56. The Morgan fingerprint density at radius 1 is 1.18 bits per heavy atom. The lowest BCUT2D eigenvalue weighted by atomic mass is 10.3. The number of morpholine rings is 1. The van der Waals surface area contributed by atoms with E-state index in [1.54, 1.807) is 4.31 Å². The van der Waals surface area contributed by atoms with Gasteiger partial charge in [-0.05, 0) is 6.92 Å². The highest BCUT2D eigenvalue weighted by atomic mass is 35.5. The predicted octanol–water partition coefficient (Wildman–Crippen LogP) is -0.721. The maximum absolute atomic E-state index is 12.3. The molecule has 0 aromatic carbocycles. The quantitative estimate of drug-likeness (QED) is 0.727. The summed E-state index contributed by atoms with van der Waals surface area (Å²) in [5.41, 5.74) is 0. The second-order valence-electron chi connectivity index (χ2n) is 4.23. The second-order valence-corrected chi connectivity index (χ2v) is 6.16. The van der Waals surface area contributed by atoms with Crippen molar-refractivity contribution in [3.63, 3.8) is 0 Å². The van der Waals surface area contributed by atoms with Crippen LogP contribution in [0.3, 0.4) is 0 Å². The highest BCUT2D eigenvalue weighted by Crippen LogP contribution is 2.13. The predicted molar refractivity (Wildman–Crippen MR) is 67.6 cm³/mol. The zero-order valence-corrected chi connectivity index (χ0v) is 11.6. The standard InChI is InChI=1S/C9H19N3O3S.ClH/c1-9-8-12(3-2-10-9)16(13,14)11-4-6-15-7-5-11;/h9-10H,2-8H2,1H3;1H. The van der Waals surface area contributed by atoms with Crippen LogP contribution in [0.1, 0.15) is 6.92 Å². The molecule has 1 unspecified atom stereocenters. The van der Waals surface area contributed by atoms with Gasteiger partial charge in [0.15, 0.2) is 0 Å². The van der Waals surface area contributed by atoms with Gasteiger partial charge < -0.3 is 10.1 Å². The van der Waals surface area contributed by atoms with Crippen LogP contribution in [0.15, 0.2) is 0 Å². The molecule has 17 heavy (non-hydrogen) atoms. The Morgan fingerprint density at radius 2 is 1.82 bits per heavy atom. The molecule has 6 nitrogen and oxygen atoms in total. The number of nitrogens with one attached hydrogen (secondary N) is 1. The molecule has 8 heteroatoms. The van der Waals surface area contributed by atoms with E-state index < -0.39 is 10.2 Å². The first-order chi connectivity index (χ1) is 7.60. The number of hydrogen-bond acceptors (Lipinski definition) is 4. The van der Waals surface area contributed by atoms with Crippen LogP contribution in [0.2, 0.25) is 0 Å². The van der Waals surface area contributed by atoms with Crippen LogP contribution >= 0.6 is 12.4 Å². The molecule has 0 aliphatic carbocycles. The van der Waals surface area contributed by atoms with Crippen LogP contribution in [0.4, 0.5) is 0 Å². The number of rotatable bonds is 2. The van der Waals surface area contributed by atoms with E-state index in [4.69, 9.17) is 4.74 Å². The Balaban J connectivity index is 0.00000144. The number of ether oxygens (including phenoxy) is 1. The van der Waals surface area contributed by atoms with Crippen molar-refractivity contribution in [1.29, 1.82) is 0 Å². The van der Waals surface area contributed by atoms with Gasteiger partial charge in [-0.1, -0.05) is 0 Å². The molecule has 2 rings (SSSR count). The summed E-state index contributed by atoms with van der Waals surface area (Å²) in [4.78, 5) is 0. The van der Waals surface area contributed by atoms with E-state index in [0.29, 0.717) is 39.4 Å². The Morgan fingerprint density at radius 3 is 2.41 bits per heavy atom. The van der Waals surface area contributed by atoms with Gasteiger partial charge in [0.25, 0.3) is 10.2 Å². The summed E-state index contributed by atoms with van der Waals surface area (Å²) in [7, 11) is -3.27. The van der Waals surface area contributed by atoms with Crippen molar-refractivity contribution in [1.82, 2.24) is 13.9 Å². The Labute approximate surface area is 109 Å². The molecule has 0 aromatic rings. The minimum Gasteiger partial charge on any atom is -0.379 e. The van der Waals surface area contributed by atoms with Gasteiger partial charge in [0.05, 0.1) is 13.2 Å². The Kier molecular flexibility index (Phi) is 5.62. The average Bonchev–Trinajstić information content (AvgIpc) is 2.30. The normalized spacial score (nSPS) is 28.6. The number of halogens is 1. The molecule has 2 fully saturated rings. The SMILES string of the molecule is CC1CN(S(=O)(=O)N2CCOCC2)CCN1.Cl. The van der Waals surface area contributed by atoms with Crippen LogP contribution in [-0.2, 0) is 14.9 Å². The van der Waals surface area contributed by atoms with Crippen LogP contribution < -0.4 is 5.32 Å². The third-order valence-electron chi connectivity index (χ3n) is 2.95. The average molecular weight is 286 g/mol. The van der Waals surface area contributed by atoms with Gasteiger partial charge in [0, 0.05) is 38.8 Å². The van der Waals surface area contributed by atoms with E-state index in [1.807, 2.05) is 6.92 Å². The summed E-state index contributed by atoms with van der Waals surface area (Å²) in [6, 6.07) is 0.226. The summed E-state index contributed by atoms with van der Waals surface area (Å²) in [5, 5.41) is 3.24. The van der Waals surface area contributed by atoms with Crippen LogP contribution in [0.5, 0.6) is 0 Å². The topological polar surface area (TPSA) is 61.9 Å². The summed E-state index contributed by atoms with van der Waals surface area (Å²) < 4.78 is 32.8. The van der Waals surface area contributed by atoms with E-state index in [9.17, 15) is 8.42 Å². The molecular weight excluding hydrogens is 266 g/mol. The lowest BCUT2D eigenvalue weighted by Gasteiger charge is -2.36. The molecule has 0 spiro atoms. The maximum Gasteiger partial charge on any atom is 0.282 e. The van der Waals surface area contributed by atoms with Crippen molar-refractivity contribution in [2.24, 2.45) is 0 Å². The molecular formula is C9H20ClN3O3S. The van der Waals surface area contributed by atoms with Gasteiger partial charge in [-0.3, -0.25) is 0 Å². The number of nitrogens with zero attached hydrogens (tertiary/aromatic N) is 2. The van der Waals surface area contributed by atoms with Crippen molar-refractivity contribution in [2.45, 2.75) is 13.0 Å². The third-order valence-corrected chi connectivity index (χ3v) is 4.96. The van der Waals surface area contributed by atoms with Crippen molar-refractivity contribution >= 4 is 22.6 Å². The van der Waals surface area contributed by atoms with Crippen LogP contribution in [0.25, 0.3) is 0 Å². The number of hydrogen-bond donors (Lipinski definition) is 1. The minimum atomic E-state index is -3.27. The summed E-state index contributed by atoms with van der Waals surface area (Å²) in [5.74, 6) is 0. The molecule has 2 aliphatic rings. The number of piperazine rings is 1. The van der Waals surface area contributed by atoms with E-state index in [1.165, 1.54) is 4.31 Å². The van der Waals surface area contributed by atoms with Crippen molar-refractivity contribution in [2.75, 3.05) is 45.9 Å². The molecule has 0 radical (unpaired) electrons. The molecule has 0 aromatic heterocycles. The highest BCUT2D eigenvalue weighted by molar-refractivity contribution is 7.86. The molecule has 102 valence electrons. The van der Waals surface area contributed by atoms with Crippen molar-refractivity contribution < 1.29 is 13.2 Å². The zero-order valence-electron chi connectivity index (χ0n) is 9.96. The van der Waals surface area contributed by atoms with Gasteiger partial charge in [-0.25, -0.2) is 0 Å². The smallest absolute Gasteiger partial charge is 0.282 e. The van der Waals surface area contributed by atoms with Gasteiger partial charge in [0.1, 0.15) is 0 Å². The molecule has 2 aliphatic heterocycles. The Hall–Kier alpha value is 0.0800. The maximum atomic E-state index is 12.3. The van der Waals surface area contributed by atoms with E-state index in [2.05, 4.69) is 5.32 Å². The highest BCUT2D eigenvalue weighted by Gasteiger charge is 2.33. The summed E-state index contributed by atoms with van der Waals surface area (Å²) in [6.45, 7) is 5.79. The lowest BCUT2D eigenvalue weighted by molar-refractivity contribution is 0.0695. The summed E-state index contributed by atoms with van der Waals surface area (Å²) in [6.07, 6.45) is 0. The van der Waals surface area contributed by atoms with E-state index in [-0.39, 0.29) is 18.4 Å². The van der Waals surface area contributed by atoms with Gasteiger partial charge >= 0.3 is 0 Å². The fraction of sp³-hybridized carbons (Fsp3) is 1.00. The molecule has 0 amide bonds. The van der Waals surface area contributed by atoms with Gasteiger partial charge in [-0.15, -0.1) is 12.4 Å². The first-order valence-electron chi connectivity index (χ1n) is 5.67. The second kappa shape index (κ2) is 6.31. The molecule has 0 saturated carbocycles. The largest absolute Gasteiger partial charge is 0.379 e. The third kappa shape index (κ3) is 3.52. The fourth-order valence-corrected chi connectivity index (χ4v) is 3.72. The van der Waals surface area contributed by atoms with Crippen molar-refractivity contribution in [3.05, 3.63) is 0 Å². The first kappa shape index (κ1) is 15.1. The monoisotopic (exact) mass is 285 g/mol. The van der Waals surface area contributed by atoms with Gasteiger partial charge in [0.2, 0.25) is 0 Å². The molecule has 2 heterocycles. The van der Waals surface area contributed by atoms with Gasteiger partial charge in [-0.2, -0.15) is 17.0 Å². The minimum absolute atomic E-state index is 0. The zero-order chi connectivity index (χ0) is 11.6.